The van der Waals surface area contributed by atoms with Gasteiger partial charge in [-0.2, -0.15) is 5.26 Å². The lowest BCUT2D eigenvalue weighted by molar-refractivity contribution is 0.201. The number of hydrogen-bond donors (Lipinski definition) is 0. The molecule has 1 aliphatic rings. The van der Waals surface area contributed by atoms with E-state index in [4.69, 9.17) is 23.2 Å². The molecule has 1 aliphatic carbocycles. The number of hydrogen-bond acceptors (Lipinski definition) is 1. The Morgan fingerprint density at radius 2 is 2.20 bits per heavy atom. The number of nitrogens with zero attached hydrogens (tertiary/aromatic N) is 1. The highest BCUT2D eigenvalue weighted by molar-refractivity contribution is 6.35. The van der Waals surface area contributed by atoms with Gasteiger partial charge in [-0.25, -0.2) is 0 Å². The molecule has 1 fully saturated rings. The van der Waals surface area contributed by atoms with Gasteiger partial charge in [0.25, 0.3) is 0 Å². The molecule has 1 aromatic rings. The Kier molecular flexibility index (Phi) is 2.66. The van der Waals surface area contributed by atoms with Crippen LogP contribution in [0, 0.1) is 17.2 Å². The smallest absolute Gasteiger partial charge is 0.0862 e. The van der Waals surface area contributed by atoms with E-state index in [0.29, 0.717) is 16.0 Å². The number of benzene rings is 1. The van der Waals surface area contributed by atoms with Crippen LogP contribution in [0.15, 0.2) is 18.2 Å². The maximum atomic E-state index is 9.31. The summed E-state index contributed by atoms with van der Waals surface area (Å²) in [6.45, 7) is 2.09. The van der Waals surface area contributed by atoms with E-state index in [-0.39, 0.29) is 5.41 Å². The first-order valence-electron chi connectivity index (χ1n) is 4.97. The highest BCUT2D eigenvalue weighted by Crippen LogP contribution is 2.50. The summed E-state index contributed by atoms with van der Waals surface area (Å²) in [6.07, 6.45) is 1.98. The third-order valence-electron chi connectivity index (χ3n) is 3.42. The lowest BCUT2D eigenvalue weighted by Crippen LogP contribution is -2.41. The lowest BCUT2D eigenvalue weighted by atomic mass is 9.58. The molecule has 1 aromatic carbocycles. The Morgan fingerprint density at radius 1 is 1.47 bits per heavy atom. The van der Waals surface area contributed by atoms with Crippen LogP contribution >= 0.6 is 23.2 Å². The molecule has 0 bridgehead atoms. The predicted molar refractivity (Wildman–Crippen MR) is 62.2 cm³/mol. The van der Waals surface area contributed by atoms with E-state index in [9.17, 15) is 5.26 Å². The number of nitriles is 1. The largest absolute Gasteiger partial charge is 0.197 e. The molecule has 0 aliphatic heterocycles. The van der Waals surface area contributed by atoms with Crippen molar-refractivity contribution in [3.63, 3.8) is 0 Å². The zero-order valence-corrected chi connectivity index (χ0v) is 9.94. The van der Waals surface area contributed by atoms with Crippen molar-refractivity contribution in [3.8, 4) is 6.07 Å². The molecule has 1 nitrogen and oxygen atoms in total. The van der Waals surface area contributed by atoms with Crippen molar-refractivity contribution in [1.82, 2.24) is 0 Å². The van der Waals surface area contributed by atoms with Crippen LogP contribution in [0.3, 0.4) is 0 Å². The van der Waals surface area contributed by atoms with Crippen molar-refractivity contribution in [2.24, 2.45) is 5.92 Å². The van der Waals surface area contributed by atoms with Gasteiger partial charge < -0.3 is 0 Å². The molecule has 15 heavy (non-hydrogen) atoms. The van der Waals surface area contributed by atoms with Gasteiger partial charge in [-0.1, -0.05) is 36.2 Å². The molecule has 0 heterocycles. The molecule has 0 amide bonds. The summed E-state index contributed by atoms with van der Waals surface area (Å²) >= 11 is 12.0. The van der Waals surface area contributed by atoms with E-state index in [1.807, 2.05) is 6.07 Å². The van der Waals surface area contributed by atoms with Crippen LogP contribution in [0.2, 0.25) is 10.0 Å². The summed E-state index contributed by atoms with van der Waals surface area (Å²) in [5.41, 5.74) is 0.539. The zero-order valence-electron chi connectivity index (χ0n) is 8.43. The van der Waals surface area contributed by atoms with Crippen LogP contribution < -0.4 is 0 Å². The standard InChI is InChI=1S/C12H11Cl2N/c1-8-4-5-12(8,7-15)10-3-2-9(13)6-11(10)14/h2-3,6,8H,4-5H2,1H3. The van der Waals surface area contributed by atoms with Crippen LogP contribution in [0.4, 0.5) is 0 Å². The summed E-state index contributed by atoms with van der Waals surface area (Å²) in [4.78, 5) is 0. The minimum absolute atomic E-state index is 0.376. The van der Waals surface area contributed by atoms with Crippen molar-refractivity contribution >= 4 is 23.2 Å². The molecule has 2 atom stereocenters. The fourth-order valence-corrected chi connectivity index (χ4v) is 2.78. The summed E-state index contributed by atoms with van der Waals surface area (Å²) in [5.74, 6) is 0.376. The fourth-order valence-electron chi connectivity index (χ4n) is 2.20. The Hall–Kier alpha value is -0.710. The molecule has 1 saturated carbocycles. The first kappa shape index (κ1) is 10.8. The zero-order chi connectivity index (χ0) is 11.1. The minimum atomic E-state index is -0.387. The molecular weight excluding hydrogens is 229 g/mol. The molecule has 0 saturated heterocycles. The van der Waals surface area contributed by atoms with Gasteiger partial charge in [-0.3, -0.25) is 0 Å². The predicted octanol–water partition coefficient (Wildman–Crippen LogP) is 4.18. The summed E-state index contributed by atoms with van der Waals surface area (Å²) < 4.78 is 0. The van der Waals surface area contributed by atoms with Crippen molar-refractivity contribution in [2.75, 3.05) is 0 Å². The minimum Gasteiger partial charge on any atom is -0.197 e. The van der Waals surface area contributed by atoms with Crippen LogP contribution in [0.1, 0.15) is 25.3 Å². The summed E-state index contributed by atoms with van der Waals surface area (Å²) in [7, 11) is 0. The molecular formula is C12H11Cl2N. The van der Waals surface area contributed by atoms with Crippen LogP contribution in [-0.2, 0) is 5.41 Å². The van der Waals surface area contributed by atoms with E-state index in [1.165, 1.54) is 0 Å². The molecule has 3 heteroatoms. The van der Waals surface area contributed by atoms with Gasteiger partial charge in [-0.15, -0.1) is 0 Å². The van der Waals surface area contributed by atoms with Gasteiger partial charge in [0.15, 0.2) is 0 Å². The molecule has 0 aromatic heterocycles. The Balaban J connectivity index is 2.50. The number of halogens is 2. The van der Waals surface area contributed by atoms with Gasteiger partial charge in [0.2, 0.25) is 0 Å². The second-order valence-corrected chi connectivity index (χ2v) is 4.99. The van der Waals surface area contributed by atoms with Gasteiger partial charge in [0, 0.05) is 10.0 Å². The van der Waals surface area contributed by atoms with Crippen LogP contribution in [0.25, 0.3) is 0 Å². The van der Waals surface area contributed by atoms with Gasteiger partial charge in [0.1, 0.15) is 0 Å². The van der Waals surface area contributed by atoms with Crippen molar-refractivity contribution in [3.05, 3.63) is 33.8 Å². The average molecular weight is 240 g/mol. The topological polar surface area (TPSA) is 23.8 Å². The van der Waals surface area contributed by atoms with Gasteiger partial charge in [0.05, 0.1) is 11.5 Å². The Bertz CT molecular complexity index is 436. The molecule has 0 radical (unpaired) electrons. The van der Waals surface area contributed by atoms with Gasteiger partial charge in [-0.05, 0) is 36.5 Å². The van der Waals surface area contributed by atoms with E-state index in [0.717, 1.165) is 18.4 Å². The second kappa shape index (κ2) is 3.70. The molecule has 0 spiro atoms. The maximum absolute atomic E-state index is 9.31. The van der Waals surface area contributed by atoms with Gasteiger partial charge >= 0.3 is 0 Å². The SMILES string of the molecule is CC1CCC1(C#N)c1ccc(Cl)cc1Cl. The fraction of sp³-hybridized carbons (Fsp3) is 0.417. The number of rotatable bonds is 1. The van der Waals surface area contributed by atoms with E-state index < -0.39 is 0 Å². The highest BCUT2D eigenvalue weighted by Gasteiger charge is 2.46. The molecule has 2 rings (SSSR count). The summed E-state index contributed by atoms with van der Waals surface area (Å²) in [6, 6.07) is 7.80. The third-order valence-corrected chi connectivity index (χ3v) is 3.97. The first-order valence-corrected chi connectivity index (χ1v) is 5.72. The Labute approximate surface area is 99.6 Å². The quantitative estimate of drug-likeness (QED) is 0.722. The second-order valence-electron chi connectivity index (χ2n) is 4.15. The first-order chi connectivity index (χ1) is 7.10. The molecule has 78 valence electrons. The van der Waals surface area contributed by atoms with Crippen molar-refractivity contribution in [1.29, 1.82) is 5.26 Å². The lowest BCUT2D eigenvalue weighted by Gasteiger charge is -2.43. The van der Waals surface area contributed by atoms with E-state index >= 15 is 0 Å². The van der Waals surface area contributed by atoms with E-state index in [2.05, 4.69) is 13.0 Å². The van der Waals surface area contributed by atoms with E-state index in [1.54, 1.807) is 12.1 Å². The Morgan fingerprint density at radius 3 is 2.60 bits per heavy atom. The van der Waals surface area contributed by atoms with Crippen molar-refractivity contribution < 1.29 is 0 Å². The molecule has 2 unspecified atom stereocenters. The average Bonchev–Trinajstić information content (AvgIpc) is 2.20. The maximum Gasteiger partial charge on any atom is 0.0862 e. The monoisotopic (exact) mass is 239 g/mol. The van der Waals surface area contributed by atoms with Crippen LogP contribution in [-0.4, -0.2) is 0 Å². The van der Waals surface area contributed by atoms with Crippen molar-refractivity contribution in [2.45, 2.75) is 25.2 Å². The molecule has 0 N–H and O–H groups in total. The van der Waals surface area contributed by atoms with Crippen LogP contribution in [0.5, 0.6) is 0 Å². The summed E-state index contributed by atoms with van der Waals surface area (Å²) in [5, 5.41) is 10.5. The normalized spacial score (nSPS) is 29.3. The highest BCUT2D eigenvalue weighted by atomic mass is 35.5. The third kappa shape index (κ3) is 1.53.